The van der Waals surface area contributed by atoms with Gasteiger partial charge in [0, 0.05) is 18.7 Å². The molecule has 0 aromatic heterocycles. The molecule has 2 heterocycles. The second kappa shape index (κ2) is 7.13. The summed E-state index contributed by atoms with van der Waals surface area (Å²) in [5, 5.41) is 2.75. The van der Waals surface area contributed by atoms with E-state index < -0.39 is 6.10 Å². The Morgan fingerprint density at radius 3 is 2.72 bits per heavy atom. The van der Waals surface area contributed by atoms with Crippen LogP contribution in [0.3, 0.4) is 0 Å². The highest BCUT2D eigenvalue weighted by molar-refractivity contribution is 6.01. The molecule has 2 aliphatic heterocycles. The van der Waals surface area contributed by atoms with Crippen LogP contribution in [0.15, 0.2) is 18.2 Å². The van der Waals surface area contributed by atoms with Gasteiger partial charge in [0.15, 0.2) is 6.10 Å². The molecule has 1 fully saturated rings. The molecule has 3 rings (SSSR count). The number of benzene rings is 1. The molecule has 0 spiro atoms. The number of ether oxygens (including phenoxy) is 2. The number of fused-ring (bicyclic) bond motifs is 1. The summed E-state index contributed by atoms with van der Waals surface area (Å²) >= 11 is 0. The largest absolute Gasteiger partial charge is 0.479 e. The Morgan fingerprint density at radius 2 is 2.04 bits per heavy atom. The zero-order chi connectivity index (χ0) is 18.0. The number of hydrogen-bond acceptors (Lipinski definition) is 5. The van der Waals surface area contributed by atoms with E-state index in [1.165, 1.54) is 0 Å². The average Bonchev–Trinajstić information content (AvgIpc) is 2.62. The number of carbonyl (C=O) groups is 3. The molecule has 1 atom stereocenters. The van der Waals surface area contributed by atoms with Crippen molar-refractivity contribution in [3.05, 3.63) is 23.8 Å². The summed E-state index contributed by atoms with van der Waals surface area (Å²) in [4.78, 5) is 37.9. The van der Waals surface area contributed by atoms with E-state index in [-0.39, 0.29) is 23.7 Å². The maximum absolute atomic E-state index is 12.7. The predicted octanol–water partition coefficient (Wildman–Crippen LogP) is 1.82. The third kappa shape index (κ3) is 3.60. The van der Waals surface area contributed by atoms with Crippen LogP contribution in [0.1, 0.15) is 37.0 Å². The fourth-order valence-electron chi connectivity index (χ4n) is 3.10. The third-order valence-electron chi connectivity index (χ3n) is 4.56. The number of nitrogens with one attached hydrogen (secondary N) is 1. The van der Waals surface area contributed by atoms with Crippen molar-refractivity contribution < 1.29 is 23.9 Å². The first-order valence-corrected chi connectivity index (χ1v) is 8.57. The van der Waals surface area contributed by atoms with Crippen molar-refractivity contribution in [1.82, 2.24) is 4.90 Å². The summed E-state index contributed by atoms with van der Waals surface area (Å²) in [5.41, 5.74) is 1.00. The molecule has 0 aliphatic carbocycles. The monoisotopic (exact) mass is 346 g/mol. The molecule has 1 unspecified atom stereocenters. The molecule has 7 nitrogen and oxygen atoms in total. The number of amides is 2. The molecular weight excluding hydrogens is 324 g/mol. The molecule has 25 heavy (non-hydrogen) atoms. The highest BCUT2D eigenvalue weighted by Gasteiger charge is 2.30. The van der Waals surface area contributed by atoms with Crippen LogP contribution in [-0.4, -0.2) is 48.5 Å². The van der Waals surface area contributed by atoms with Crippen LogP contribution in [-0.2, 0) is 14.3 Å². The number of carbonyl (C=O) groups excluding carboxylic acids is 3. The van der Waals surface area contributed by atoms with Crippen LogP contribution in [0, 0.1) is 5.92 Å². The van der Waals surface area contributed by atoms with E-state index in [2.05, 4.69) is 5.32 Å². The number of likely N-dealkylation sites (tertiary alicyclic amines) is 1. The van der Waals surface area contributed by atoms with Gasteiger partial charge in [-0.1, -0.05) is 0 Å². The van der Waals surface area contributed by atoms with E-state index >= 15 is 0 Å². The Hall–Kier alpha value is -2.57. The van der Waals surface area contributed by atoms with Gasteiger partial charge in [-0.05, 0) is 44.9 Å². The molecule has 0 saturated carbocycles. The maximum atomic E-state index is 12.7. The summed E-state index contributed by atoms with van der Waals surface area (Å²) in [6.45, 7) is 4.86. The number of hydrogen-bond donors (Lipinski definition) is 1. The number of esters is 1. The second-order valence-electron chi connectivity index (χ2n) is 6.28. The van der Waals surface area contributed by atoms with E-state index in [1.54, 1.807) is 36.9 Å². The molecule has 2 aliphatic rings. The average molecular weight is 346 g/mol. The summed E-state index contributed by atoms with van der Waals surface area (Å²) in [5.74, 6) is -0.103. The van der Waals surface area contributed by atoms with Gasteiger partial charge < -0.3 is 19.7 Å². The van der Waals surface area contributed by atoms with Gasteiger partial charge >= 0.3 is 5.97 Å². The Kier molecular flexibility index (Phi) is 4.92. The van der Waals surface area contributed by atoms with Gasteiger partial charge in [0.1, 0.15) is 5.75 Å². The van der Waals surface area contributed by atoms with Crippen LogP contribution >= 0.6 is 0 Å². The summed E-state index contributed by atoms with van der Waals surface area (Å²) in [6, 6.07) is 5.03. The first-order valence-electron chi connectivity index (χ1n) is 8.57. The first-order chi connectivity index (χ1) is 12.0. The summed E-state index contributed by atoms with van der Waals surface area (Å²) < 4.78 is 10.5. The molecule has 1 saturated heterocycles. The van der Waals surface area contributed by atoms with Gasteiger partial charge in [-0.25, -0.2) is 0 Å². The molecule has 0 bridgehead atoms. The zero-order valence-corrected chi connectivity index (χ0v) is 14.4. The van der Waals surface area contributed by atoms with E-state index in [9.17, 15) is 14.4 Å². The third-order valence-corrected chi connectivity index (χ3v) is 4.56. The minimum atomic E-state index is -0.545. The van der Waals surface area contributed by atoms with E-state index in [1.807, 2.05) is 0 Å². The molecule has 0 radical (unpaired) electrons. The standard InChI is InChI=1S/C18H22N2O5/c1-3-24-18(23)12-6-8-20(9-7-12)17(22)13-4-5-15-14(10-13)19-16(21)11(2)25-15/h4-5,10-12H,3,6-9H2,1-2H3,(H,19,21). The van der Waals surface area contributed by atoms with Crippen LogP contribution in [0.25, 0.3) is 0 Å². The molecule has 7 heteroatoms. The van der Waals surface area contributed by atoms with Gasteiger partial charge in [0.25, 0.3) is 11.8 Å². The van der Waals surface area contributed by atoms with Gasteiger partial charge in [-0.15, -0.1) is 0 Å². The second-order valence-corrected chi connectivity index (χ2v) is 6.28. The Morgan fingerprint density at radius 1 is 1.32 bits per heavy atom. The van der Waals surface area contributed by atoms with Gasteiger partial charge in [0.05, 0.1) is 18.2 Å². The van der Waals surface area contributed by atoms with E-state index in [0.29, 0.717) is 49.5 Å². The number of nitrogens with zero attached hydrogens (tertiary/aromatic N) is 1. The zero-order valence-electron chi connectivity index (χ0n) is 14.4. The fraction of sp³-hybridized carbons (Fsp3) is 0.500. The summed E-state index contributed by atoms with van der Waals surface area (Å²) in [6.07, 6.45) is 0.663. The quantitative estimate of drug-likeness (QED) is 0.844. The highest BCUT2D eigenvalue weighted by atomic mass is 16.5. The summed E-state index contributed by atoms with van der Waals surface area (Å²) in [7, 11) is 0. The van der Waals surface area contributed by atoms with Gasteiger partial charge in [-0.2, -0.15) is 0 Å². The highest BCUT2D eigenvalue weighted by Crippen LogP contribution is 2.31. The number of rotatable bonds is 3. The van der Waals surface area contributed by atoms with Crippen LogP contribution in [0.4, 0.5) is 5.69 Å². The lowest BCUT2D eigenvalue weighted by Crippen LogP contribution is -2.40. The number of anilines is 1. The molecule has 1 N–H and O–H groups in total. The molecular formula is C18H22N2O5. The minimum absolute atomic E-state index is 0.113. The van der Waals surface area contributed by atoms with Crippen molar-refractivity contribution in [2.75, 3.05) is 25.0 Å². The number of piperidine rings is 1. The fourth-order valence-corrected chi connectivity index (χ4v) is 3.10. The SMILES string of the molecule is CCOC(=O)C1CCN(C(=O)c2ccc3c(c2)NC(=O)C(C)O3)CC1. The van der Waals surface area contributed by atoms with Crippen LogP contribution in [0.2, 0.25) is 0 Å². The molecule has 1 aromatic carbocycles. The van der Waals surface area contributed by atoms with Crippen molar-refractivity contribution in [1.29, 1.82) is 0 Å². The van der Waals surface area contributed by atoms with Gasteiger partial charge in [-0.3, -0.25) is 14.4 Å². The van der Waals surface area contributed by atoms with Crippen LogP contribution < -0.4 is 10.1 Å². The van der Waals surface area contributed by atoms with E-state index in [4.69, 9.17) is 9.47 Å². The predicted molar refractivity (Wildman–Crippen MR) is 90.4 cm³/mol. The topological polar surface area (TPSA) is 84.9 Å². The van der Waals surface area contributed by atoms with Crippen molar-refractivity contribution in [3.63, 3.8) is 0 Å². The Balaban J connectivity index is 1.66. The maximum Gasteiger partial charge on any atom is 0.309 e. The lowest BCUT2D eigenvalue weighted by Gasteiger charge is -2.31. The molecule has 134 valence electrons. The Bertz CT molecular complexity index is 695. The van der Waals surface area contributed by atoms with Crippen LogP contribution in [0.5, 0.6) is 5.75 Å². The first kappa shape index (κ1) is 17.3. The van der Waals surface area contributed by atoms with Crippen molar-refractivity contribution in [3.8, 4) is 5.75 Å². The minimum Gasteiger partial charge on any atom is -0.479 e. The Labute approximate surface area is 146 Å². The normalized spacial score (nSPS) is 20.3. The van der Waals surface area contributed by atoms with Crippen molar-refractivity contribution in [2.45, 2.75) is 32.8 Å². The van der Waals surface area contributed by atoms with Crippen molar-refractivity contribution in [2.24, 2.45) is 5.92 Å². The lowest BCUT2D eigenvalue weighted by atomic mass is 9.96. The molecule has 1 aromatic rings. The lowest BCUT2D eigenvalue weighted by molar-refractivity contribution is -0.149. The van der Waals surface area contributed by atoms with Gasteiger partial charge in [0.2, 0.25) is 0 Å². The smallest absolute Gasteiger partial charge is 0.309 e. The van der Waals surface area contributed by atoms with E-state index in [0.717, 1.165) is 0 Å². The van der Waals surface area contributed by atoms with Crippen molar-refractivity contribution >= 4 is 23.5 Å². The molecule has 2 amide bonds.